The number of carbonyl (C=O) groups excluding carboxylic acids is 1. The quantitative estimate of drug-likeness (QED) is 0.806. The number of alkyl halides is 3. The van der Waals surface area contributed by atoms with Crippen LogP contribution >= 0.6 is 0 Å². The van der Waals surface area contributed by atoms with Crippen molar-refractivity contribution in [1.82, 2.24) is 9.80 Å². The lowest BCUT2D eigenvalue weighted by Crippen LogP contribution is -2.47. The molecule has 21 heavy (non-hydrogen) atoms. The first kappa shape index (κ1) is 15.9. The van der Waals surface area contributed by atoms with Crippen LogP contribution in [-0.4, -0.2) is 59.3 Å². The number of hydrogen-bond acceptors (Lipinski definition) is 2. The molecule has 0 spiro atoms. The van der Waals surface area contributed by atoms with E-state index in [1.54, 1.807) is 6.92 Å². The lowest BCUT2D eigenvalue weighted by molar-refractivity contribution is -0.183. The second kappa shape index (κ2) is 5.73. The van der Waals surface area contributed by atoms with Crippen LogP contribution in [0, 0.1) is 17.8 Å². The molecule has 0 aliphatic carbocycles. The average Bonchev–Trinajstić information content (AvgIpc) is 2.79. The van der Waals surface area contributed by atoms with Crippen molar-refractivity contribution in [1.29, 1.82) is 0 Å². The number of aliphatic carboxylic acids is 1. The summed E-state index contributed by atoms with van der Waals surface area (Å²) in [6.07, 6.45) is -4.37. The molecule has 120 valence electrons. The van der Waals surface area contributed by atoms with Gasteiger partial charge in [-0.25, -0.2) is 4.79 Å². The molecule has 2 atom stereocenters. The molecule has 2 aliphatic rings. The number of amides is 2. The maximum Gasteiger partial charge on any atom is 0.391 e. The Balaban J connectivity index is 1.90. The van der Waals surface area contributed by atoms with Crippen LogP contribution in [0.3, 0.4) is 0 Å². The van der Waals surface area contributed by atoms with Gasteiger partial charge in [0.25, 0.3) is 0 Å². The van der Waals surface area contributed by atoms with Crippen LogP contribution in [0.5, 0.6) is 0 Å². The van der Waals surface area contributed by atoms with Gasteiger partial charge >= 0.3 is 18.2 Å². The normalized spacial score (nSPS) is 28.0. The largest absolute Gasteiger partial charge is 0.481 e. The van der Waals surface area contributed by atoms with Gasteiger partial charge in [0.2, 0.25) is 0 Å². The van der Waals surface area contributed by atoms with E-state index in [1.165, 1.54) is 9.80 Å². The fraction of sp³-hybridized carbons (Fsp3) is 0.846. The van der Waals surface area contributed by atoms with Gasteiger partial charge in [-0.1, -0.05) is 6.92 Å². The third kappa shape index (κ3) is 3.41. The van der Waals surface area contributed by atoms with E-state index in [-0.39, 0.29) is 44.4 Å². The van der Waals surface area contributed by atoms with Crippen LogP contribution in [0.25, 0.3) is 0 Å². The standard InChI is InChI=1S/C13H19F3N2O3/c1-8-6-18(7-10(8)11(19)20)12(21)17-4-2-9(3-5-17)13(14,15)16/h8-10H,2-7H2,1H3,(H,19,20). The van der Waals surface area contributed by atoms with E-state index in [9.17, 15) is 22.8 Å². The van der Waals surface area contributed by atoms with Gasteiger partial charge in [-0.2, -0.15) is 13.2 Å². The van der Waals surface area contributed by atoms with Crippen LogP contribution in [0.15, 0.2) is 0 Å². The first-order valence-corrected chi connectivity index (χ1v) is 7.03. The van der Waals surface area contributed by atoms with Crippen molar-refractivity contribution < 1.29 is 27.9 Å². The van der Waals surface area contributed by atoms with Gasteiger partial charge in [0.1, 0.15) is 0 Å². The van der Waals surface area contributed by atoms with E-state index in [0.717, 1.165) is 0 Å². The fourth-order valence-corrected chi connectivity index (χ4v) is 3.04. The minimum Gasteiger partial charge on any atom is -0.481 e. The molecular formula is C13H19F3N2O3. The summed E-state index contributed by atoms with van der Waals surface area (Å²) in [7, 11) is 0. The number of piperidine rings is 1. The molecule has 0 saturated carbocycles. The Kier molecular flexibility index (Phi) is 4.34. The highest BCUT2D eigenvalue weighted by Crippen LogP contribution is 2.34. The van der Waals surface area contributed by atoms with Crippen LogP contribution in [0.2, 0.25) is 0 Å². The number of halogens is 3. The Bertz CT molecular complexity index is 419. The van der Waals surface area contributed by atoms with Gasteiger partial charge in [0.15, 0.2) is 0 Å². The first-order valence-electron chi connectivity index (χ1n) is 7.03. The number of rotatable bonds is 1. The fourth-order valence-electron chi connectivity index (χ4n) is 3.04. The van der Waals surface area contributed by atoms with Gasteiger partial charge in [0.05, 0.1) is 11.8 Å². The summed E-state index contributed by atoms with van der Waals surface area (Å²) in [6.45, 7) is 2.39. The predicted molar refractivity (Wildman–Crippen MR) is 67.6 cm³/mol. The molecule has 2 saturated heterocycles. The summed E-state index contributed by atoms with van der Waals surface area (Å²) in [5, 5.41) is 9.04. The Morgan fingerprint density at radius 3 is 2.10 bits per heavy atom. The lowest BCUT2D eigenvalue weighted by Gasteiger charge is -2.35. The molecule has 2 fully saturated rings. The number of hydrogen-bond donors (Lipinski definition) is 1. The molecule has 0 radical (unpaired) electrons. The maximum atomic E-state index is 12.6. The SMILES string of the molecule is CC1CN(C(=O)N2CCC(C(F)(F)F)CC2)CC1C(=O)O. The molecule has 0 aromatic heterocycles. The zero-order valence-corrected chi connectivity index (χ0v) is 11.8. The Morgan fingerprint density at radius 2 is 1.67 bits per heavy atom. The molecule has 2 aliphatic heterocycles. The van der Waals surface area contributed by atoms with Crippen LogP contribution in [-0.2, 0) is 4.79 Å². The van der Waals surface area contributed by atoms with Crippen molar-refractivity contribution in [2.75, 3.05) is 26.2 Å². The summed E-state index contributed by atoms with van der Waals surface area (Å²) in [4.78, 5) is 26.1. The summed E-state index contributed by atoms with van der Waals surface area (Å²) < 4.78 is 37.7. The van der Waals surface area contributed by atoms with Crippen molar-refractivity contribution in [3.63, 3.8) is 0 Å². The van der Waals surface area contributed by atoms with Crippen molar-refractivity contribution in [3.05, 3.63) is 0 Å². The van der Waals surface area contributed by atoms with E-state index in [2.05, 4.69) is 0 Å². The topological polar surface area (TPSA) is 60.9 Å². The summed E-state index contributed by atoms with van der Waals surface area (Å²) in [6, 6.07) is -0.341. The number of likely N-dealkylation sites (tertiary alicyclic amines) is 2. The minimum absolute atomic E-state index is 0.0750. The van der Waals surface area contributed by atoms with E-state index >= 15 is 0 Å². The number of carboxylic acids is 1. The Morgan fingerprint density at radius 1 is 1.10 bits per heavy atom. The van der Waals surface area contributed by atoms with E-state index in [0.29, 0.717) is 6.54 Å². The predicted octanol–water partition coefficient (Wildman–Crippen LogP) is 2.03. The van der Waals surface area contributed by atoms with Gasteiger partial charge in [-0.3, -0.25) is 4.79 Å². The Hall–Kier alpha value is -1.47. The zero-order valence-electron chi connectivity index (χ0n) is 11.8. The summed E-state index contributed by atoms with van der Waals surface area (Å²) in [5.41, 5.74) is 0. The second-order valence-electron chi connectivity index (χ2n) is 5.91. The highest BCUT2D eigenvalue weighted by atomic mass is 19.4. The molecular weight excluding hydrogens is 289 g/mol. The van der Waals surface area contributed by atoms with E-state index in [4.69, 9.17) is 5.11 Å². The first-order chi connectivity index (χ1) is 9.70. The second-order valence-corrected chi connectivity index (χ2v) is 5.91. The lowest BCUT2D eigenvalue weighted by atomic mass is 9.96. The molecule has 0 aromatic rings. The highest BCUT2D eigenvalue weighted by molar-refractivity contribution is 5.77. The summed E-state index contributed by atoms with van der Waals surface area (Å²) in [5.74, 6) is -3.01. The molecule has 0 bridgehead atoms. The van der Waals surface area contributed by atoms with Gasteiger partial charge < -0.3 is 14.9 Å². The van der Waals surface area contributed by atoms with Crippen LogP contribution < -0.4 is 0 Å². The minimum atomic E-state index is -4.20. The molecule has 8 heteroatoms. The van der Waals surface area contributed by atoms with Gasteiger partial charge in [-0.05, 0) is 18.8 Å². The molecule has 0 aromatic carbocycles. The average molecular weight is 308 g/mol. The van der Waals surface area contributed by atoms with Crippen molar-refractivity contribution in [2.24, 2.45) is 17.8 Å². The molecule has 2 unspecified atom stereocenters. The van der Waals surface area contributed by atoms with Crippen LogP contribution in [0.1, 0.15) is 19.8 Å². The number of carboxylic acid groups (broad SMARTS) is 1. The Labute approximate surface area is 120 Å². The number of urea groups is 1. The third-order valence-corrected chi connectivity index (χ3v) is 4.43. The molecule has 2 heterocycles. The smallest absolute Gasteiger partial charge is 0.391 e. The third-order valence-electron chi connectivity index (χ3n) is 4.43. The monoisotopic (exact) mass is 308 g/mol. The summed E-state index contributed by atoms with van der Waals surface area (Å²) >= 11 is 0. The van der Waals surface area contributed by atoms with Gasteiger partial charge in [0, 0.05) is 26.2 Å². The highest BCUT2D eigenvalue weighted by Gasteiger charge is 2.43. The van der Waals surface area contributed by atoms with Crippen molar-refractivity contribution in [2.45, 2.75) is 25.9 Å². The van der Waals surface area contributed by atoms with Gasteiger partial charge in [-0.15, -0.1) is 0 Å². The maximum absolute atomic E-state index is 12.6. The van der Waals surface area contributed by atoms with E-state index in [1.807, 2.05) is 0 Å². The van der Waals surface area contributed by atoms with Crippen LogP contribution in [0.4, 0.5) is 18.0 Å². The molecule has 1 N–H and O–H groups in total. The number of carbonyl (C=O) groups is 2. The van der Waals surface area contributed by atoms with E-state index < -0.39 is 24.0 Å². The van der Waals surface area contributed by atoms with Crippen molar-refractivity contribution >= 4 is 12.0 Å². The molecule has 5 nitrogen and oxygen atoms in total. The zero-order chi connectivity index (χ0) is 15.8. The molecule has 2 rings (SSSR count). The van der Waals surface area contributed by atoms with Crippen molar-refractivity contribution in [3.8, 4) is 0 Å². The molecule has 2 amide bonds. The number of nitrogens with zero attached hydrogens (tertiary/aromatic N) is 2.